The Kier molecular flexibility index (Phi) is 11.4. The normalized spacial score (nSPS) is 11.1. The molecule has 3 nitrogen and oxygen atoms in total. The molecule has 0 aliphatic heterocycles. The van der Waals surface area contributed by atoms with Crippen molar-refractivity contribution in [2.45, 2.75) is 90.9 Å². The van der Waals surface area contributed by atoms with Gasteiger partial charge in [0, 0.05) is 16.8 Å². The minimum Gasteiger partial charge on any atom is -0.504 e. The van der Waals surface area contributed by atoms with E-state index in [0.717, 1.165) is 29.4 Å². The Bertz CT molecular complexity index is 696. The number of aromatic hydroxyl groups is 1. The molecule has 0 amide bonds. The van der Waals surface area contributed by atoms with Gasteiger partial charge in [0.25, 0.3) is 0 Å². The lowest BCUT2D eigenvalue weighted by Crippen LogP contribution is -2.01. The van der Waals surface area contributed by atoms with Crippen LogP contribution in [0.5, 0.6) is 17.2 Å². The summed E-state index contributed by atoms with van der Waals surface area (Å²) in [5, 5.41) is 12.5. The molecule has 1 N–H and O–H groups in total. The summed E-state index contributed by atoms with van der Waals surface area (Å²) in [5.74, 6) is 1.51. The van der Waals surface area contributed by atoms with Gasteiger partial charge in [-0.3, -0.25) is 0 Å². The minimum absolute atomic E-state index is 0.174. The second kappa shape index (κ2) is 14.1. The molecule has 2 aromatic rings. The average molecular weight is 401 g/mol. The van der Waals surface area contributed by atoms with Crippen molar-refractivity contribution in [2.24, 2.45) is 0 Å². The number of phenolic OH excluding ortho intramolecular Hbond substituents is 1. The van der Waals surface area contributed by atoms with Gasteiger partial charge in [-0.05, 0) is 12.8 Å². The van der Waals surface area contributed by atoms with Gasteiger partial charge in [-0.1, -0.05) is 102 Å². The first kappa shape index (κ1) is 23.4. The first-order chi connectivity index (χ1) is 14.3. The molecular weight excluding hydrogens is 360 g/mol. The predicted octanol–water partition coefficient (Wildman–Crippen LogP) is 8.02. The van der Waals surface area contributed by atoms with Crippen molar-refractivity contribution in [3.8, 4) is 17.2 Å². The highest BCUT2D eigenvalue weighted by Gasteiger charge is 2.13. The van der Waals surface area contributed by atoms with Gasteiger partial charge >= 0.3 is 0 Å². The molecule has 0 saturated heterocycles. The maximum absolute atomic E-state index is 10.6. The third-order valence-corrected chi connectivity index (χ3v) is 5.44. The number of hydrogen-bond acceptors (Lipinski definition) is 3. The number of rotatable bonds is 16. The van der Waals surface area contributed by atoms with E-state index in [9.17, 15) is 5.11 Å². The van der Waals surface area contributed by atoms with Crippen molar-refractivity contribution in [3.05, 3.63) is 30.3 Å². The maximum Gasteiger partial charge on any atom is 0.168 e. The molecule has 0 aliphatic carbocycles. The molecule has 0 aromatic heterocycles. The van der Waals surface area contributed by atoms with Crippen LogP contribution in [0.3, 0.4) is 0 Å². The lowest BCUT2D eigenvalue weighted by molar-refractivity contribution is 0.287. The SMILES string of the molecule is CCCCCCCCOc1cc(O)c(OCCCCCCCC)c2ccccc12. The molecule has 0 heterocycles. The zero-order valence-electron chi connectivity index (χ0n) is 18.5. The number of unbranched alkanes of at least 4 members (excludes halogenated alkanes) is 10. The van der Waals surface area contributed by atoms with Crippen LogP contribution in [0.4, 0.5) is 0 Å². The fourth-order valence-electron chi connectivity index (χ4n) is 3.69. The van der Waals surface area contributed by atoms with Crippen LogP contribution in [-0.2, 0) is 0 Å². The van der Waals surface area contributed by atoms with E-state index in [0.29, 0.717) is 19.0 Å². The predicted molar refractivity (Wildman–Crippen MR) is 123 cm³/mol. The van der Waals surface area contributed by atoms with E-state index in [1.54, 1.807) is 6.07 Å². The van der Waals surface area contributed by atoms with Gasteiger partial charge in [0.2, 0.25) is 0 Å². The third-order valence-electron chi connectivity index (χ3n) is 5.44. The van der Waals surface area contributed by atoms with Crippen molar-refractivity contribution in [3.63, 3.8) is 0 Å². The van der Waals surface area contributed by atoms with Gasteiger partial charge in [-0.25, -0.2) is 0 Å². The van der Waals surface area contributed by atoms with E-state index in [-0.39, 0.29) is 5.75 Å². The van der Waals surface area contributed by atoms with Gasteiger partial charge < -0.3 is 14.6 Å². The lowest BCUT2D eigenvalue weighted by atomic mass is 10.1. The van der Waals surface area contributed by atoms with Crippen molar-refractivity contribution in [1.29, 1.82) is 0 Å². The number of benzene rings is 2. The Labute approximate surface area is 177 Å². The molecule has 2 rings (SSSR count). The van der Waals surface area contributed by atoms with E-state index < -0.39 is 0 Å². The second-order valence-electron chi connectivity index (χ2n) is 8.00. The topological polar surface area (TPSA) is 38.7 Å². The first-order valence-corrected chi connectivity index (χ1v) is 11.8. The minimum atomic E-state index is 0.174. The van der Waals surface area contributed by atoms with Gasteiger partial charge in [-0.2, -0.15) is 0 Å². The standard InChI is InChI=1S/C26H40O3/c1-3-5-7-9-11-15-19-28-25-21-24(27)26(23-18-14-13-17-22(23)25)29-20-16-12-10-8-6-4-2/h13-14,17-18,21,27H,3-12,15-16,19-20H2,1-2H3. The molecule has 0 unspecified atom stereocenters. The molecule has 0 aliphatic rings. The Morgan fingerprint density at radius 3 is 1.79 bits per heavy atom. The Morgan fingerprint density at radius 2 is 1.17 bits per heavy atom. The Hall–Kier alpha value is -1.90. The summed E-state index contributed by atoms with van der Waals surface area (Å²) >= 11 is 0. The number of fused-ring (bicyclic) bond motifs is 1. The van der Waals surface area contributed by atoms with Crippen LogP contribution in [0.15, 0.2) is 30.3 Å². The van der Waals surface area contributed by atoms with E-state index >= 15 is 0 Å². The Morgan fingerprint density at radius 1 is 0.655 bits per heavy atom. The van der Waals surface area contributed by atoms with Crippen LogP contribution in [-0.4, -0.2) is 18.3 Å². The van der Waals surface area contributed by atoms with Crippen LogP contribution in [0, 0.1) is 0 Å². The van der Waals surface area contributed by atoms with Crippen LogP contribution in [0.1, 0.15) is 90.9 Å². The first-order valence-electron chi connectivity index (χ1n) is 11.8. The molecule has 0 bridgehead atoms. The molecule has 3 heteroatoms. The maximum atomic E-state index is 10.6. The summed E-state index contributed by atoms with van der Waals surface area (Å²) in [6, 6.07) is 9.76. The van der Waals surface area contributed by atoms with Crippen molar-refractivity contribution in [2.75, 3.05) is 13.2 Å². The van der Waals surface area contributed by atoms with Gasteiger partial charge in [-0.15, -0.1) is 0 Å². The molecule has 29 heavy (non-hydrogen) atoms. The van der Waals surface area contributed by atoms with Crippen molar-refractivity contribution in [1.82, 2.24) is 0 Å². The van der Waals surface area contributed by atoms with Crippen molar-refractivity contribution >= 4 is 10.8 Å². The number of phenols is 1. The summed E-state index contributed by atoms with van der Waals surface area (Å²) in [6.45, 7) is 5.80. The van der Waals surface area contributed by atoms with E-state index in [4.69, 9.17) is 9.47 Å². The molecule has 0 fully saturated rings. The van der Waals surface area contributed by atoms with Gasteiger partial charge in [0.05, 0.1) is 13.2 Å². The lowest BCUT2D eigenvalue weighted by Gasteiger charge is -2.15. The Balaban J connectivity index is 1.89. The fourth-order valence-corrected chi connectivity index (χ4v) is 3.69. The molecule has 0 spiro atoms. The third kappa shape index (κ3) is 8.16. The number of hydrogen-bond donors (Lipinski definition) is 1. The summed E-state index contributed by atoms with van der Waals surface area (Å²) in [6.07, 6.45) is 14.8. The highest BCUT2D eigenvalue weighted by molar-refractivity contribution is 5.95. The zero-order valence-corrected chi connectivity index (χ0v) is 18.5. The van der Waals surface area contributed by atoms with Crippen LogP contribution < -0.4 is 9.47 Å². The van der Waals surface area contributed by atoms with E-state index in [1.807, 2.05) is 24.3 Å². The van der Waals surface area contributed by atoms with Gasteiger partial charge in [0.1, 0.15) is 5.75 Å². The summed E-state index contributed by atoms with van der Waals surface area (Å²) in [5.41, 5.74) is 0. The summed E-state index contributed by atoms with van der Waals surface area (Å²) in [4.78, 5) is 0. The average Bonchev–Trinajstić information content (AvgIpc) is 2.74. The quantitative estimate of drug-likeness (QED) is 0.290. The van der Waals surface area contributed by atoms with Crippen molar-refractivity contribution < 1.29 is 14.6 Å². The molecule has 0 atom stereocenters. The zero-order chi connectivity index (χ0) is 20.7. The van der Waals surface area contributed by atoms with Crippen LogP contribution in [0.2, 0.25) is 0 Å². The summed E-state index contributed by atoms with van der Waals surface area (Å²) in [7, 11) is 0. The molecule has 2 aromatic carbocycles. The second-order valence-corrected chi connectivity index (χ2v) is 8.00. The van der Waals surface area contributed by atoms with Crippen LogP contribution in [0.25, 0.3) is 10.8 Å². The highest BCUT2D eigenvalue weighted by Crippen LogP contribution is 2.41. The highest BCUT2D eigenvalue weighted by atomic mass is 16.5. The van der Waals surface area contributed by atoms with E-state index in [1.165, 1.54) is 64.2 Å². The van der Waals surface area contributed by atoms with Crippen LogP contribution >= 0.6 is 0 Å². The molecule has 0 saturated carbocycles. The smallest absolute Gasteiger partial charge is 0.168 e. The monoisotopic (exact) mass is 400 g/mol. The largest absolute Gasteiger partial charge is 0.504 e. The molecular formula is C26H40O3. The summed E-state index contributed by atoms with van der Waals surface area (Å²) < 4.78 is 12.0. The number of ether oxygens (including phenoxy) is 2. The van der Waals surface area contributed by atoms with Gasteiger partial charge in [0.15, 0.2) is 11.5 Å². The molecule has 162 valence electrons. The fraction of sp³-hybridized carbons (Fsp3) is 0.615. The van der Waals surface area contributed by atoms with E-state index in [2.05, 4.69) is 13.8 Å². The molecule has 0 radical (unpaired) electrons.